The summed E-state index contributed by atoms with van der Waals surface area (Å²) in [5.41, 5.74) is 0.811. The number of nitrogens with one attached hydrogen (secondary N) is 2. The van der Waals surface area contributed by atoms with Crippen LogP contribution in [-0.4, -0.2) is 71.8 Å². The minimum absolute atomic E-state index is 0.0372. The van der Waals surface area contributed by atoms with Gasteiger partial charge < -0.3 is 15.5 Å². The number of hydrogen-bond donors (Lipinski definition) is 2. The fourth-order valence-corrected chi connectivity index (χ4v) is 3.17. The molecule has 1 saturated carbocycles. The summed E-state index contributed by atoms with van der Waals surface area (Å²) in [5, 5.41) is 5.91. The molecule has 152 valence electrons. The maximum atomic E-state index is 12.7. The Morgan fingerprint density at radius 3 is 2.07 bits per heavy atom. The van der Waals surface area contributed by atoms with E-state index in [9.17, 15) is 14.4 Å². The lowest BCUT2D eigenvalue weighted by Crippen LogP contribution is -2.51. The molecule has 2 aliphatic rings. The third-order valence-corrected chi connectivity index (χ3v) is 4.85. The van der Waals surface area contributed by atoms with Gasteiger partial charge >= 0.3 is 0 Å². The van der Waals surface area contributed by atoms with Crippen LogP contribution in [0.15, 0.2) is 24.3 Å². The summed E-state index contributed by atoms with van der Waals surface area (Å²) < 4.78 is 0. The van der Waals surface area contributed by atoms with Crippen molar-refractivity contribution in [3.63, 3.8) is 0 Å². The molecule has 2 N–H and O–H groups in total. The number of amides is 3. The third-order valence-electron chi connectivity index (χ3n) is 4.85. The Bertz CT molecular complexity index is 727. The number of rotatable bonds is 5. The van der Waals surface area contributed by atoms with Gasteiger partial charge in [0.1, 0.15) is 0 Å². The van der Waals surface area contributed by atoms with E-state index in [1.807, 2.05) is 20.8 Å². The van der Waals surface area contributed by atoms with E-state index in [0.717, 1.165) is 12.8 Å². The SMILES string of the molecule is CC(C)(C)NC(=O)c1ccc(C(=O)N2CCN(CC(=O)NC3CC3)CC2)cc1. The average molecular weight is 386 g/mol. The number of carbonyl (C=O) groups excluding carboxylic acids is 3. The molecule has 28 heavy (non-hydrogen) atoms. The van der Waals surface area contributed by atoms with Crippen molar-refractivity contribution >= 4 is 17.7 Å². The van der Waals surface area contributed by atoms with Gasteiger partial charge in [0.15, 0.2) is 0 Å². The normalized spacial score (nSPS) is 17.9. The molecule has 0 spiro atoms. The molecular formula is C21H30N4O3. The van der Waals surface area contributed by atoms with E-state index in [0.29, 0.717) is 49.9 Å². The summed E-state index contributed by atoms with van der Waals surface area (Å²) in [4.78, 5) is 40.7. The van der Waals surface area contributed by atoms with Gasteiger partial charge in [-0.1, -0.05) is 0 Å². The molecule has 3 rings (SSSR count). The molecule has 0 aromatic heterocycles. The lowest BCUT2D eigenvalue weighted by Gasteiger charge is -2.34. The fourth-order valence-electron chi connectivity index (χ4n) is 3.17. The number of carbonyl (C=O) groups is 3. The van der Waals surface area contributed by atoms with Gasteiger partial charge in [0.05, 0.1) is 6.54 Å². The summed E-state index contributed by atoms with van der Waals surface area (Å²) in [6.07, 6.45) is 2.18. The predicted octanol–water partition coefficient (Wildman–Crippen LogP) is 1.25. The molecule has 2 fully saturated rings. The highest BCUT2D eigenvalue weighted by molar-refractivity contribution is 5.98. The van der Waals surface area contributed by atoms with Gasteiger partial charge in [-0.15, -0.1) is 0 Å². The first-order valence-corrected chi connectivity index (χ1v) is 9.95. The second-order valence-corrected chi connectivity index (χ2v) is 8.69. The van der Waals surface area contributed by atoms with Crippen LogP contribution in [0.2, 0.25) is 0 Å². The number of hydrogen-bond acceptors (Lipinski definition) is 4. The molecule has 1 aliphatic carbocycles. The van der Waals surface area contributed by atoms with Crippen molar-refractivity contribution in [1.29, 1.82) is 0 Å². The summed E-state index contributed by atoms with van der Waals surface area (Å²) in [7, 11) is 0. The monoisotopic (exact) mass is 386 g/mol. The standard InChI is InChI=1S/C21H30N4O3/c1-21(2,3)23-19(27)15-4-6-16(7-5-15)20(28)25-12-10-24(11-13-25)14-18(26)22-17-8-9-17/h4-7,17H,8-14H2,1-3H3,(H,22,26)(H,23,27). The minimum Gasteiger partial charge on any atom is -0.352 e. The Kier molecular flexibility index (Phi) is 6.03. The second kappa shape index (κ2) is 8.31. The van der Waals surface area contributed by atoms with E-state index in [2.05, 4.69) is 15.5 Å². The minimum atomic E-state index is -0.305. The first-order valence-electron chi connectivity index (χ1n) is 9.95. The van der Waals surface area contributed by atoms with Crippen molar-refractivity contribution in [2.45, 2.75) is 45.2 Å². The van der Waals surface area contributed by atoms with Crippen LogP contribution in [0, 0.1) is 0 Å². The van der Waals surface area contributed by atoms with Crippen molar-refractivity contribution in [2.24, 2.45) is 0 Å². The van der Waals surface area contributed by atoms with Crippen molar-refractivity contribution in [2.75, 3.05) is 32.7 Å². The highest BCUT2D eigenvalue weighted by Crippen LogP contribution is 2.18. The zero-order valence-electron chi connectivity index (χ0n) is 17.0. The van der Waals surface area contributed by atoms with Gasteiger partial charge in [0.25, 0.3) is 11.8 Å². The van der Waals surface area contributed by atoms with Gasteiger partial charge in [-0.2, -0.15) is 0 Å². The van der Waals surface area contributed by atoms with E-state index < -0.39 is 0 Å². The molecule has 1 aliphatic heterocycles. The molecule has 3 amide bonds. The largest absolute Gasteiger partial charge is 0.352 e. The van der Waals surface area contributed by atoms with Gasteiger partial charge in [0, 0.05) is 48.9 Å². The van der Waals surface area contributed by atoms with Gasteiger partial charge in [0.2, 0.25) is 5.91 Å². The van der Waals surface area contributed by atoms with Crippen LogP contribution >= 0.6 is 0 Å². The maximum Gasteiger partial charge on any atom is 0.253 e. The molecule has 0 atom stereocenters. The molecule has 7 heteroatoms. The van der Waals surface area contributed by atoms with Crippen LogP contribution < -0.4 is 10.6 Å². The Hall–Kier alpha value is -2.41. The summed E-state index contributed by atoms with van der Waals surface area (Å²) >= 11 is 0. The highest BCUT2D eigenvalue weighted by Gasteiger charge is 2.26. The Labute approximate surface area is 166 Å². The van der Waals surface area contributed by atoms with Crippen molar-refractivity contribution in [3.05, 3.63) is 35.4 Å². The Morgan fingerprint density at radius 2 is 1.54 bits per heavy atom. The zero-order chi connectivity index (χ0) is 20.3. The number of piperazine rings is 1. The molecule has 1 aromatic rings. The average Bonchev–Trinajstić information content (AvgIpc) is 3.44. The first-order chi connectivity index (χ1) is 13.2. The second-order valence-electron chi connectivity index (χ2n) is 8.69. The molecule has 0 radical (unpaired) electrons. The molecule has 0 unspecified atom stereocenters. The van der Waals surface area contributed by atoms with E-state index in [4.69, 9.17) is 0 Å². The molecule has 7 nitrogen and oxygen atoms in total. The molecular weight excluding hydrogens is 356 g/mol. The first kappa shape index (κ1) is 20.3. The van der Waals surface area contributed by atoms with E-state index >= 15 is 0 Å². The van der Waals surface area contributed by atoms with Gasteiger partial charge in [-0.25, -0.2) is 0 Å². The van der Waals surface area contributed by atoms with E-state index in [1.165, 1.54) is 0 Å². The predicted molar refractivity (Wildman–Crippen MR) is 107 cm³/mol. The van der Waals surface area contributed by atoms with Crippen LogP contribution in [0.5, 0.6) is 0 Å². The topological polar surface area (TPSA) is 81.8 Å². The van der Waals surface area contributed by atoms with Gasteiger partial charge in [-0.05, 0) is 57.9 Å². The van der Waals surface area contributed by atoms with Crippen LogP contribution in [-0.2, 0) is 4.79 Å². The van der Waals surface area contributed by atoms with Crippen LogP contribution in [0.1, 0.15) is 54.3 Å². The van der Waals surface area contributed by atoms with Crippen molar-refractivity contribution in [1.82, 2.24) is 20.4 Å². The number of benzene rings is 1. The molecule has 1 aromatic carbocycles. The number of nitrogens with zero attached hydrogens (tertiary/aromatic N) is 2. The summed E-state index contributed by atoms with van der Waals surface area (Å²) in [5.74, 6) is -0.110. The summed E-state index contributed by atoms with van der Waals surface area (Å²) in [6.45, 7) is 8.76. The quantitative estimate of drug-likeness (QED) is 0.798. The fraction of sp³-hybridized carbons (Fsp3) is 0.571. The molecule has 0 bridgehead atoms. The highest BCUT2D eigenvalue weighted by atomic mass is 16.2. The molecule has 1 heterocycles. The lowest BCUT2D eigenvalue weighted by molar-refractivity contribution is -0.122. The smallest absolute Gasteiger partial charge is 0.253 e. The van der Waals surface area contributed by atoms with Gasteiger partial charge in [-0.3, -0.25) is 19.3 Å². The van der Waals surface area contributed by atoms with Crippen LogP contribution in [0.25, 0.3) is 0 Å². The summed E-state index contributed by atoms with van der Waals surface area (Å²) in [6, 6.07) is 7.16. The lowest BCUT2D eigenvalue weighted by atomic mass is 10.1. The van der Waals surface area contributed by atoms with E-state index in [-0.39, 0.29) is 23.3 Å². The molecule has 1 saturated heterocycles. The maximum absolute atomic E-state index is 12.7. The Morgan fingerprint density at radius 1 is 0.964 bits per heavy atom. The third kappa shape index (κ3) is 5.79. The zero-order valence-corrected chi connectivity index (χ0v) is 17.0. The van der Waals surface area contributed by atoms with Crippen LogP contribution in [0.4, 0.5) is 0 Å². The van der Waals surface area contributed by atoms with Crippen LogP contribution in [0.3, 0.4) is 0 Å². The van der Waals surface area contributed by atoms with Crippen molar-refractivity contribution in [3.8, 4) is 0 Å². The van der Waals surface area contributed by atoms with Crippen molar-refractivity contribution < 1.29 is 14.4 Å². The van der Waals surface area contributed by atoms with E-state index in [1.54, 1.807) is 29.2 Å². The Balaban J connectivity index is 1.49.